The molecule has 0 fully saturated rings. The molecular weight excluding hydrogens is 162 g/mol. The molecule has 80 valence electrons. The number of hydrogen-bond acceptors (Lipinski definition) is 2. The Hall–Kier alpha value is -0.0800. The molecule has 0 bridgehead atoms. The van der Waals surface area contributed by atoms with Crippen molar-refractivity contribution in [2.75, 3.05) is 13.2 Å². The van der Waals surface area contributed by atoms with E-state index in [0.29, 0.717) is 12.0 Å². The second kappa shape index (κ2) is 6.39. The molecule has 0 aliphatic rings. The number of hydrogen-bond donors (Lipinski definition) is 1. The average Bonchev–Trinajstić information content (AvgIpc) is 1.97. The van der Waals surface area contributed by atoms with Crippen LogP contribution in [0.25, 0.3) is 0 Å². The van der Waals surface area contributed by atoms with Crippen LogP contribution in [-0.2, 0) is 4.74 Å². The maximum absolute atomic E-state index is 5.81. The fourth-order valence-corrected chi connectivity index (χ4v) is 1.07. The Morgan fingerprint density at radius 1 is 1.31 bits per heavy atom. The zero-order valence-corrected chi connectivity index (χ0v) is 9.60. The predicted octanol–water partition coefficient (Wildman–Crippen LogP) is 2.57. The maximum atomic E-state index is 5.81. The van der Waals surface area contributed by atoms with Gasteiger partial charge in [0.25, 0.3) is 0 Å². The van der Waals surface area contributed by atoms with Gasteiger partial charge in [-0.15, -0.1) is 0 Å². The molecule has 0 aliphatic carbocycles. The Bertz CT molecular complexity index is 118. The van der Waals surface area contributed by atoms with E-state index in [9.17, 15) is 0 Å². The minimum absolute atomic E-state index is 0.227. The van der Waals surface area contributed by atoms with Gasteiger partial charge in [0.2, 0.25) is 0 Å². The third-order valence-corrected chi connectivity index (χ3v) is 1.99. The molecule has 2 N–H and O–H groups in total. The highest BCUT2D eigenvalue weighted by molar-refractivity contribution is 4.62. The summed E-state index contributed by atoms with van der Waals surface area (Å²) in [6.07, 6.45) is 3.31. The van der Waals surface area contributed by atoms with Crippen molar-refractivity contribution < 1.29 is 4.74 Å². The normalized spacial score (nSPS) is 14.5. The van der Waals surface area contributed by atoms with Crippen LogP contribution < -0.4 is 5.73 Å². The van der Waals surface area contributed by atoms with Crippen LogP contribution in [0.3, 0.4) is 0 Å². The first kappa shape index (κ1) is 12.9. The lowest BCUT2D eigenvalue weighted by molar-refractivity contribution is 0.0956. The largest absolute Gasteiger partial charge is 0.380 e. The lowest BCUT2D eigenvalue weighted by Crippen LogP contribution is -2.26. The van der Waals surface area contributed by atoms with Crippen LogP contribution in [0.5, 0.6) is 0 Å². The molecule has 0 heterocycles. The van der Waals surface area contributed by atoms with Gasteiger partial charge in [-0.3, -0.25) is 0 Å². The molecule has 0 spiro atoms. The lowest BCUT2D eigenvalue weighted by atomic mass is 9.93. The Morgan fingerprint density at radius 2 is 1.92 bits per heavy atom. The van der Waals surface area contributed by atoms with Gasteiger partial charge in [0.15, 0.2) is 0 Å². The number of nitrogens with two attached hydrogens (primary N) is 1. The van der Waals surface area contributed by atoms with Crippen molar-refractivity contribution in [1.82, 2.24) is 0 Å². The summed E-state index contributed by atoms with van der Waals surface area (Å²) in [6.45, 7) is 10.4. The van der Waals surface area contributed by atoms with Crippen LogP contribution in [0.1, 0.15) is 47.0 Å². The molecule has 2 nitrogen and oxygen atoms in total. The van der Waals surface area contributed by atoms with E-state index in [1.165, 1.54) is 0 Å². The minimum atomic E-state index is 0.227. The second-order valence-electron chi connectivity index (χ2n) is 4.93. The van der Waals surface area contributed by atoms with Gasteiger partial charge in [0, 0.05) is 12.6 Å². The summed E-state index contributed by atoms with van der Waals surface area (Å²) in [5.41, 5.74) is 6.18. The first-order chi connectivity index (χ1) is 5.95. The molecule has 0 aromatic rings. The SMILES string of the molecule is CCCC(N)COCCC(C)(C)C. The molecule has 1 unspecified atom stereocenters. The summed E-state index contributed by atoms with van der Waals surface area (Å²) in [5, 5.41) is 0. The van der Waals surface area contributed by atoms with E-state index in [2.05, 4.69) is 27.7 Å². The summed E-state index contributed by atoms with van der Waals surface area (Å²) in [5.74, 6) is 0. The van der Waals surface area contributed by atoms with E-state index in [-0.39, 0.29) is 6.04 Å². The fraction of sp³-hybridized carbons (Fsp3) is 1.00. The van der Waals surface area contributed by atoms with Crippen LogP contribution in [0, 0.1) is 5.41 Å². The van der Waals surface area contributed by atoms with Crippen LogP contribution in [0.2, 0.25) is 0 Å². The van der Waals surface area contributed by atoms with Gasteiger partial charge >= 0.3 is 0 Å². The summed E-state index contributed by atoms with van der Waals surface area (Å²) < 4.78 is 5.50. The van der Waals surface area contributed by atoms with E-state index in [1.54, 1.807) is 0 Å². The predicted molar refractivity (Wildman–Crippen MR) is 57.8 cm³/mol. The summed E-state index contributed by atoms with van der Waals surface area (Å²) in [7, 11) is 0. The molecule has 2 heteroatoms. The smallest absolute Gasteiger partial charge is 0.0617 e. The van der Waals surface area contributed by atoms with E-state index in [1.807, 2.05) is 0 Å². The average molecular weight is 187 g/mol. The van der Waals surface area contributed by atoms with Crippen LogP contribution in [0.4, 0.5) is 0 Å². The minimum Gasteiger partial charge on any atom is -0.380 e. The maximum Gasteiger partial charge on any atom is 0.0617 e. The number of ether oxygens (including phenoxy) is 1. The van der Waals surface area contributed by atoms with Gasteiger partial charge in [0.1, 0.15) is 0 Å². The molecule has 13 heavy (non-hydrogen) atoms. The highest BCUT2D eigenvalue weighted by atomic mass is 16.5. The number of rotatable bonds is 6. The van der Waals surface area contributed by atoms with E-state index >= 15 is 0 Å². The molecule has 0 rings (SSSR count). The first-order valence-corrected chi connectivity index (χ1v) is 5.29. The lowest BCUT2D eigenvalue weighted by Gasteiger charge is -2.18. The van der Waals surface area contributed by atoms with E-state index in [0.717, 1.165) is 25.9 Å². The van der Waals surface area contributed by atoms with Gasteiger partial charge in [0.05, 0.1) is 6.61 Å². The highest BCUT2D eigenvalue weighted by Crippen LogP contribution is 2.17. The van der Waals surface area contributed by atoms with Crippen molar-refractivity contribution in [3.05, 3.63) is 0 Å². The van der Waals surface area contributed by atoms with Crippen molar-refractivity contribution in [2.45, 2.75) is 53.0 Å². The van der Waals surface area contributed by atoms with Gasteiger partial charge < -0.3 is 10.5 Å². The molecule has 0 radical (unpaired) electrons. The summed E-state index contributed by atoms with van der Waals surface area (Å²) >= 11 is 0. The Balaban J connectivity index is 3.25. The standard InChI is InChI=1S/C11H25NO/c1-5-6-10(12)9-13-8-7-11(2,3)4/h10H,5-9,12H2,1-4H3. The third kappa shape index (κ3) is 9.84. The van der Waals surface area contributed by atoms with Crippen LogP contribution in [-0.4, -0.2) is 19.3 Å². The molecule has 1 atom stereocenters. The zero-order valence-electron chi connectivity index (χ0n) is 9.60. The molecule has 0 aliphatic heterocycles. The Morgan fingerprint density at radius 3 is 2.38 bits per heavy atom. The van der Waals surface area contributed by atoms with E-state index in [4.69, 9.17) is 10.5 Å². The monoisotopic (exact) mass is 187 g/mol. The van der Waals surface area contributed by atoms with Gasteiger partial charge in [-0.2, -0.15) is 0 Å². The van der Waals surface area contributed by atoms with Gasteiger partial charge in [-0.05, 0) is 18.3 Å². The topological polar surface area (TPSA) is 35.2 Å². The van der Waals surface area contributed by atoms with Gasteiger partial charge in [-0.25, -0.2) is 0 Å². The van der Waals surface area contributed by atoms with Crippen LogP contribution in [0.15, 0.2) is 0 Å². The molecule has 0 saturated carbocycles. The molecule has 0 aromatic carbocycles. The molecule has 0 saturated heterocycles. The molecular formula is C11H25NO. The quantitative estimate of drug-likeness (QED) is 0.649. The van der Waals surface area contributed by atoms with Crippen molar-refractivity contribution in [1.29, 1.82) is 0 Å². The Kier molecular flexibility index (Phi) is 6.35. The van der Waals surface area contributed by atoms with E-state index < -0.39 is 0 Å². The summed E-state index contributed by atoms with van der Waals surface area (Å²) in [4.78, 5) is 0. The third-order valence-electron chi connectivity index (χ3n) is 1.99. The Labute approximate surface area is 82.8 Å². The van der Waals surface area contributed by atoms with Crippen LogP contribution >= 0.6 is 0 Å². The van der Waals surface area contributed by atoms with Crippen molar-refractivity contribution in [2.24, 2.45) is 11.1 Å². The zero-order chi connectivity index (χ0) is 10.3. The van der Waals surface area contributed by atoms with Gasteiger partial charge in [-0.1, -0.05) is 34.1 Å². The van der Waals surface area contributed by atoms with Crippen molar-refractivity contribution in [3.63, 3.8) is 0 Å². The van der Waals surface area contributed by atoms with Crippen molar-refractivity contribution >= 4 is 0 Å². The van der Waals surface area contributed by atoms with Crippen molar-refractivity contribution in [3.8, 4) is 0 Å². The summed E-state index contributed by atoms with van der Waals surface area (Å²) in [6, 6.07) is 0.227. The fourth-order valence-electron chi connectivity index (χ4n) is 1.07. The molecule has 0 amide bonds. The second-order valence-corrected chi connectivity index (χ2v) is 4.93. The first-order valence-electron chi connectivity index (χ1n) is 5.29. The molecule has 0 aromatic heterocycles. The highest BCUT2D eigenvalue weighted by Gasteiger charge is 2.09.